The van der Waals surface area contributed by atoms with Crippen molar-refractivity contribution in [1.82, 2.24) is 10.3 Å². The van der Waals surface area contributed by atoms with Crippen LogP contribution in [0.15, 0.2) is 36.4 Å². The normalized spacial score (nSPS) is 10.5. The molecular weight excluding hydrogens is 406 g/mol. The fourth-order valence-corrected chi connectivity index (χ4v) is 4.36. The standard InChI is InChI=1S/C18H16ClN3O3S2/c1-10-15(27-17(21-10)13-7-8-14(19)26-13)16(23)20-9-11-3-5-12(6-4-11)22-18(24)25-2/h3-8H,9H2,1-2H3,(H,20,23)(H,22,24). The molecule has 9 heteroatoms. The van der Waals surface area contributed by atoms with E-state index in [1.807, 2.05) is 31.2 Å². The van der Waals surface area contributed by atoms with Crippen molar-refractivity contribution >= 4 is 52.0 Å². The lowest BCUT2D eigenvalue weighted by atomic mass is 10.2. The van der Waals surface area contributed by atoms with Gasteiger partial charge in [-0.15, -0.1) is 22.7 Å². The quantitative estimate of drug-likeness (QED) is 0.611. The van der Waals surface area contributed by atoms with Gasteiger partial charge in [-0.2, -0.15) is 0 Å². The molecule has 2 aromatic heterocycles. The minimum absolute atomic E-state index is 0.171. The van der Waals surface area contributed by atoms with Crippen molar-refractivity contribution in [2.45, 2.75) is 13.5 Å². The molecule has 0 saturated carbocycles. The third kappa shape index (κ3) is 4.85. The Morgan fingerprint density at radius 2 is 1.89 bits per heavy atom. The molecule has 27 heavy (non-hydrogen) atoms. The first-order valence-electron chi connectivity index (χ1n) is 7.91. The van der Waals surface area contributed by atoms with Gasteiger partial charge in [0.25, 0.3) is 5.91 Å². The molecule has 3 aromatic rings. The van der Waals surface area contributed by atoms with Crippen molar-refractivity contribution in [3.63, 3.8) is 0 Å². The summed E-state index contributed by atoms with van der Waals surface area (Å²) < 4.78 is 5.23. The molecule has 0 unspecified atom stereocenters. The van der Waals surface area contributed by atoms with E-state index >= 15 is 0 Å². The van der Waals surface area contributed by atoms with E-state index in [2.05, 4.69) is 20.4 Å². The van der Waals surface area contributed by atoms with E-state index in [4.69, 9.17) is 11.6 Å². The Morgan fingerprint density at radius 1 is 1.15 bits per heavy atom. The number of thiophene rings is 1. The van der Waals surface area contributed by atoms with Crippen molar-refractivity contribution in [3.05, 3.63) is 56.9 Å². The summed E-state index contributed by atoms with van der Waals surface area (Å²) in [6.45, 7) is 2.19. The smallest absolute Gasteiger partial charge is 0.411 e. The minimum atomic E-state index is -0.528. The molecule has 1 aromatic carbocycles. The number of anilines is 1. The molecule has 0 bridgehead atoms. The Bertz CT molecular complexity index is 967. The van der Waals surface area contributed by atoms with E-state index < -0.39 is 6.09 Å². The number of aromatic nitrogens is 1. The Balaban J connectivity index is 1.62. The zero-order chi connectivity index (χ0) is 19.4. The molecule has 3 rings (SSSR count). The predicted molar refractivity (Wildman–Crippen MR) is 109 cm³/mol. The van der Waals surface area contributed by atoms with E-state index in [1.165, 1.54) is 29.8 Å². The molecular formula is C18H16ClN3O3S2. The van der Waals surface area contributed by atoms with Crippen LogP contribution in [0.2, 0.25) is 4.34 Å². The summed E-state index contributed by atoms with van der Waals surface area (Å²) in [6, 6.07) is 10.9. The molecule has 0 saturated heterocycles. The van der Waals surface area contributed by atoms with E-state index in [0.717, 1.165) is 15.4 Å². The molecule has 6 nitrogen and oxygen atoms in total. The Kier molecular flexibility index (Phi) is 6.10. The van der Waals surface area contributed by atoms with Crippen molar-refractivity contribution in [3.8, 4) is 9.88 Å². The SMILES string of the molecule is COC(=O)Nc1ccc(CNC(=O)c2sc(-c3ccc(Cl)s3)nc2C)cc1. The largest absolute Gasteiger partial charge is 0.453 e. The molecule has 0 radical (unpaired) electrons. The highest BCUT2D eigenvalue weighted by Gasteiger charge is 2.17. The fourth-order valence-electron chi connectivity index (χ4n) is 2.28. The molecule has 0 aliphatic heterocycles. The second-order valence-electron chi connectivity index (χ2n) is 5.53. The van der Waals surface area contributed by atoms with Crippen LogP contribution in [-0.4, -0.2) is 24.1 Å². The highest BCUT2D eigenvalue weighted by molar-refractivity contribution is 7.24. The third-order valence-electron chi connectivity index (χ3n) is 3.63. The summed E-state index contributed by atoms with van der Waals surface area (Å²) in [5, 5.41) is 6.25. The molecule has 0 spiro atoms. The Labute approximate surface area is 169 Å². The van der Waals surface area contributed by atoms with Gasteiger partial charge < -0.3 is 10.1 Å². The number of thiazole rings is 1. The topological polar surface area (TPSA) is 80.3 Å². The second kappa shape index (κ2) is 8.51. The maximum atomic E-state index is 12.5. The number of carbonyl (C=O) groups is 2. The number of nitrogens with one attached hydrogen (secondary N) is 2. The maximum Gasteiger partial charge on any atom is 0.411 e. The third-order valence-corrected chi connectivity index (χ3v) is 6.18. The molecule has 140 valence electrons. The summed E-state index contributed by atoms with van der Waals surface area (Å²) in [7, 11) is 1.30. The van der Waals surface area contributed by atoms with Crippen LogP contribution < -0.4 is 10.6 Å². The second-order valence-corrected chi connectivity index (χ2v) is 8.25. The van der Waals surface area contributed by atoms with Crippen LogP contribution in [0.25, 0.3) is 9.88 Å². The molecule has 2 heterocycles. The Morgan fingerprint density at radius 3 is 2.52 bits per heavy atom. The number of amides is 2. The van der Waals surface area contributed by atoms with Gasteiger partial charge in [0, 0.05) is 12.2 Å². The van der Waals surface area contributed by atoms with Crippen LogP contribution in [-0.2, 0) is 11.3 Å². The molecule has 0 aliphatic rings. The summed E-state index contributed by atoms with van der Waals surface area (Å²) in [4.78, 5) is 29.7. The summed E-state index contributed by atoms with van der Waals surface area (Å²) >= 11 is 8.75. The zero-order valence-electron chi connectivity index (χ0n) is 14.5. The maximum absolute atomic E-state index is 12.5. The van der Waals surface area contributed by atoms with Crippen molar-refractivity contribution in [2.75, 3.05) is 12.4 Å². The van der Waals surface area contributed by atoms with Crippen LogP contribution in [0.5, 0.6) is 0 Å². The van der Waals surface area contributed by atoms with Crippen LogP contribution in [0.1, 0.15) is 20.9 Å². The van der Waals surface area contributed by atoms with Crippen molar-refractivity contribution < 1.29 is 14.3 Å². The van der Waals surface area contributed by atoms with Gasteiger partial charge in [-0.3, -0.25) is 10.1 Å². The van der Waals surface area contributed by atoms with Gasteiger partial charge in [0.1, 0.15) is 9.88 Å². The van der Waals surface area contributed by atoms with E-state index in [0.29, 0.717) is 27.1 Å². The van der Waals surface area contributed by atoms with E-state index in [9.17, 15) is 9.59 Å². The molecule has 0 atom stereocenters. The van der Waals surface area contributed by atoms with E-state index in [-0.39, 0.29) is 5.91 Å². The number of rotatable bonds is 5. The highest BCUT2D eigenvalue weighted by Crippen LogP contribution is 2.34. The lowest BCUT2D eigenvalue weighted by molar-refractivity contribution is 0.0954. The fraction of sp³-hybridized carbons (Fsp3) is 0.167. The summed E-state index contributed by atoms with van der Waals surface area (Å²) in [5.41, 5.74) is 2.22. The lowest BCUT2D eigenvalue weighted by Crippen LogP contribution is -2.22. The first-order valence-corrected chi connectivity index (χ1v) is 9.92. The predicted octanol–water partition coefficient (Wildman–Crippen LogP) is 4.94. The average Bonchev–Trinajstić information content (AvgIpc) is 3.26. The number of ether oxygens (including phenoxy) is 1. The first kappa shape index (κ1) is 19.3. The van der Waals surface area contributed by atoms with Crippen LogP contribution in [0, 0.1) is 6.92 Å². The monoisotopic (exact) mass is 421 g/mol. The molecule has 2 amide bonds. The van der Waals surface area contributed by atoms with Gasteiger partial charge in [-0.25, -0.2) is 9.78 Å². The first-order chi connectivity index (χ1) is 13.0. The van der Waals surface area contributed by atoms with Gasteiger partial charge in [-0.05, 0) is 36.8 Å². The number of halogens is 1. The lowest BCUT2D eigenvalue weighted by Gasteiger charge is -2.07. The van der Waals surface area contributed by atoms with Gasteiger partial charge in [0.05, 0.1) is 22.0 Å². The molecule has 2 N–H and O–H groups in total. The number of carbonyl (C=O) groups excluding carboxylic acids is 2. The number of benzene rings is 1. The number of methoxy groups -OCH3 is 1. The van der Waals surface area contributed by atoms with Crippen LogP contribution in [0.4, 0.5) is 10.5 Å². The average molecular weight is 422 g/mol. The number of hydrogen-bond donors (Lipinski definition) is 2. The number of nitrogens with zero attached hydrogens (tertiary/aromatic N) is 1. The minimum Gasteiger partial charge on any atom is -0.453 e. The van der Waals surface area contributed by atoms with Gasteiger partial charge in [0.15, 0.2) is 0 Å². The van der Waals surface area contributed by atoms with Gasteiger partial charge in [0.2, 0.25) is 0 Å². The van der Waals surface area contributed by atoms with E-state index in [1.54, 1.807) is 12.1 Å². The van der Waals surface area contributed by atoms with Crippen molar-refractivity contribution in [2.24, 2.45) is 0 Å². The van der Waals surface area contributed by atoms with Gasteiger partial charge in [-0.1, -0.05) is 23.7 Å². The highest BCUT2D eigenvalue weighted by atomic mass is 35.5. The zero-order valence-corrected chi connectivity index (χ0v) is 16.9. The van der Waals surface area contributed by atoms with Crippen LogP contribution >= 0.6 is 34.3 Å². The van der Waals surface area contributed by atoms with Crippen molar-refractivity contribution in [1.29, 1.82) is 0 Å². The molecule has 0 aliphatic carbocycles. The van der Waals surface area contributed by atoms with Crippen LogP contribution in [0.3, 0.4) is 0 Å². The number of hydrogen-bond acceptors (Lipinski definition) is 6. The Hall–Kier alpha value is -2.42. The number of aryl methyl sites for hydroxylation is 1. The van der Waals surface area contributed by atoms with Gasteiger partial charge >= 0.3 is 6.09 Å². The summed E-state index contributed by atoms with van der Waals surface area (Å²) in [6.07, 6.45) is -0.528. The summed E-state index contributed by atoms with van der Waals surface area (Å²) in [5.74, 6) is -0.171. The molecule has 0 fully saturated rings.